The minimum Gasteiger partial charge on any atom is -0.334 e. The number of allylic oxidation sites excluding steroid dienone is 1. The summed E-state index contributed by atoms with van der Waals surface area (Å²) in [6, 6.07) is 18.6. The van der Waals surface area contributed by atoms with Gasteiger partial charge in [-0.25, -0.2) is 4.98 Å². The first kappa shape index (κ1) is 24.0. The van der Waals surface area contributed by atoms with Gasteiger partial charge in [-0.3, -0.25) is 9.59 Å². The summed E-state index contributed by atoms with van der Waals surface area (Å²) in [6.45, 7) is 2.06. The zero-order valence-electron chi connectivity index (χ0n) is 20.2. The van der Waals surface area contributed by atoms with Crippen LogP contribution in [0.5, 0.6) is 0 Å². The first-order valence-electron chi connectivity index (χ1n) is 11.6. The third-order valence-corrected chi connectivity index (χ3v) is 6.48. The molecule has 2 aromatic carbocycles. The van der Waals surface area contributed by atoms with Crippen LogP contribution in [0.1, 0.15) is 27.2 Å². The summed E-state index contributed by atoms with van der Waals surface area (Å²) in [7, 11) is 1.97. The highest BCUT2D eigenvalue weighted by molar-refractivity contribution is 6.19. The molecule has 5 rings (SSSR count). The Morgan fingerprint density at radius 1 is 1.11 bits per heavy atom. The number of alkyl halides is 1. The molecule has 0 fully saturated rings. The van der Waals surface area contributed by atoms with Gasteiger partial charge in [-0.2, -0.15) is 5.26 Å². The number of hydrogen-bond acceptors (Lipinski definition) is 4. The third-order valence-electron chi connectivity index (χ3n) is 6.30. The van der Waals surface area contributed by atoms with Crippen molar-refractivity contribution in [3.63, 3.8) is 0 Å². The smallest absolute Gasteiger partial charge is 0.248 e. The van der Waals surface area contributed by atoms with Gasteiger partial charge in [0.2, 0.25) is 11.7 Å². The third kappa shape index (κ3) is 4.39. The van der Waals surface area contributed by atoms with Crippen LogP contribution in [-0.2, 0) is 11.8 Å². The summed E-state index contributed by atoms with van der Waals surface area (Å²) in [6.07, 6.45) is 6.45. The summed E-state index contributed by atoms with van der Waals surface area (Å²) >= 11 is 5.57. The molecule has 7 nitrogen and oxygen atoms in total. The van der Waals surface area contributed by atoms with Crippen LogP contribution in [0.3, 0.4) is 0 Å². The zero-order valence-corrected chi connectivity index (χ0v) is 21.0. The van der Waals surface area contributed by atoms with Crippen molar-refractivity contribution in [2.75, 3.05) is 11.2 Å². The Morgan fingerprint density at radius 3 is 2.73 bits per heavy atom. The van der Waals surface area contributed by atoms with Gasteiger partial charge in [-0.15, -0.1) is 11.6 Å². The molecule has 37 heavy (non-hydrogen) atoms. The summed E-state index contributed by atoms with van der Waals surface area (Å²) in [5.74, 6) is -0.429. The summed E-state index contributed by atoms with van der Waals surface area (Å²) in [5, 5.41) is 12.3. The lowest BCUT2D eigenvalue weighted by Gasteiger charge is -2.11. The SMILES string of the molecule is Cc1cc2c(cc1-c1cccn3c(C(=O)c4ccc(NC(=O)/C=C/CCl)c(C#N)c4)ccc13)ncn2C. The van der Waals surface area contributed by atoms with Gasteiger partial charge < -0.3 is 14.3 Å². The van der Waals surface area contributed by atoms with E-state index in [2.05, 4.69) is 35.4 Å². The number of imidazole rings is 1. The van der Waals surface area contributed by atoms with Crippen LogP contribution in [0, 0.1) is 18.3 Å². The molecule has 0 aliphatic rings. The van der Waals surface area contributed by atoms with E-state index in [1.165, 1.54) is 18.2 Å². The van der Waals surface area contributed by atoms with Gasteiger partial charge >= 0.3 is 0 Å². The average molecular weight is 508 g/mol. The van der Waals surface area contributed by atoms with Crippen molar-refractivity contribution in [1.29, 1.82) is 5.26 Å². The molecule has 0 radical (unpaired) electrons. The number of hydrogen-bond donors (Lipinski definition) is 1. The van der Waals surface area contributed by atoms with Gasteiger partial charge in [0.15, 0.2) is 0 Å². The number of nitrogens with one attached hydrogen (secondary N) is 1. The minimum absolute atomic E-state index is 0.194. The second-order valence-corrected chi connectivity index (χ2v) is 8.96. The van der Waals surface area contributed by atoms with Crippen LogP contribution in [0.2, 0.25) is 0 Å². The minimum atomic E-state index is -0.402. The summed E-state index contributed by atoms with van der Waals surface area (Å²) in [5.41, 5.74) is 7.34. The van der Waals surface area contributed by atoms with Gasteiger partial charge in [0.1, 0.15) is 6.07 Å². The number of halogens is 1. The monoisotopic (exact) mass is 507 g/mol. The second kappa shape index (κ2) is 9.76. The number of nitrogens with zero attached hydrogens (tertiary/aromatic N) is 4. The number of aryl methyl sites for hydroxylation is 2. The maximum absolute atomic E-state index is 13.5. The fourth-order valence-electron chi connectivity index (χ4n) is 4.48. The number of anilines is 1. The fraction of sp³-hybridized carbons (Fsp3) is 0.103. The van der Waals surface area contributed by atoms with E-state index in [0.717, 1.165) is 33.2 Å². The molecule has 0 unspecified atom stereocenters. The number of amides is 1. The summed E-state index contributed by atoms with van der Waals surface area (Å²) in [4.78, 5) is 30.0. The van der Waals surface area contributed by atoms with Crippen molar-refractivity contribution in [3.05, 3.63) is 102 Å². The van der Waals surface area contributed by atoms with Crippen molar-refractivity contribution in [3.8, 4) is 17.2 Å². The predicted molar refractivity (Wildman–Crippen MR) is 145 cm³/mol. The van der Waals surface area contributed by atoms with E-state index < -0.39 is 5.91 Å². The lowest BCUT2D eigenvalue weighted by Crippen LogP contribution is -2.11. The number of ketones is 1. The number of fused-ring (bicyclic) bond motifs is 2. The van der Waals surface area contributed by atoms with E-state index in [1.807, 2.05) is 40.4 Å². The maximum atomic E-state index is 13.5. The highest BCUT2D eigenvalue weighted by Gasteiger charge is 2.18. The van der Waals surface area contributed by atoms with Crippen LogP contribution in [0.4, 0.5) is 5.69 Å². The highest BCUT2D eigenvalue weighted by Crippen LogP contribution is 2.32. The normalized spacial score (nSPS) is 11.3. The molecule has 1 amide bonds. The first-order chi connectivity index (χ1) is 17.9. The van der Waals surface area contributed by atoms with E-state index in [9.17, 15) is 14.9 Å². The van der Waals surface area contributed by atoms with Crippen molar-refractivity contribution in [1.82, 2.24) is 14.0 Å². The van der Waals surface area contributed by atoms with Crippen LogP contribution in [-0.4, -0.2) is 31.5 Å². The number of carbonyl (C=O) groups excluding carboxylic acids is 2. The molecule has 0 saturated carbocycles. The molecule has 5 aromatic rings. The first-order valence-corrected chi connectivity index (χ1v) is 12.1. The molecule has 182 valence electrons. The molecule has 0 atom stereocenters. The number of carbonyl (C=O) groups is 2. The number of nitriles is 1. The Balaban J connectivity index is 1.52. The molecule has 1 N–H and O–H groups in total. The number of benzene rings is 2. The van der Waals surface area contributed by atoms with Gasteiger partial charge in [0, 0.05) is 36.3 Å². The highest BCUT2D eigenvalue weighted by atomic mass is 35.5. The molecule has 8 heteroatoms. The Kier molecular flexibility index (Phi) is 6.34. The Morgan fingerprint density at radius 2 is 1.95 bits per heavy atom. The van der Waals surface area contributed by atoms with E-state index >= 15 is 0 Å². The molecule has 0 aliphatic heterocycles. The molecule has 3 aromatic heterocycles. The largest absolute Gasteiger partial charge is 0.334 e. The van der Waals surface area contributed by atoms with Crippen molar-refractivity contribution < 1.29 is 9.59 Å². The second-order valence-electron chi connectivity index (χ2n) is 8.65. The van der Waals surface area contributed by atoms with E-state index in [4.69, 9.17) is 11.6 Å². The van der Waals surface area contributed by atoms with Gasteiger partial charge in [0.05, 0.1) is 39.8 Å². The van der Waals surface area contributed by atoms with Crippen molar-refractivity contribution in [2.24, 2.45) is 7.05 Å². The lowest BCUT2D eigenvalue weighted by molar-refractivity contribution is -0.111. The maximum Gasteiger partial charge on any atom is 0.248 e. The number of pyridine rings is 1. The van der Waals surface area contributed by atoms with Crippen LogP contribution in [0.15, 0.2) is 79.3 Å². The van der Waals surface area contributed by atoms with E-state index in [0.29, 0.717) is 16.9 Å². The Bertz CT molecular complexity index is 1770. The van der Waals surface area contributed by atoms with Crippen LogP contribution >= 0.6 is 11.6 Å². The van der Waals surface area contributed by atoms with Gasteiger partial charge in [-0.05, 0) is 66.6 Å². The quantitative estimate of drug-likeness (QED) is 0.183. The topological polar surface area (TPSA) is 92.2 Å². The lowest BCUT2D eigenvalue weighted by atomic mass is 9.99. The molecule has 3 heterocycles. The average Bonchev–Trinajstić information content (AvgIpc) is 3.50. The Labute approximate surface area is 218 Å². The molecule has 0 aliphatic carbocycles. The molecular formula is C29H22ClN5O2. The van der Waals surface area contributed by atoms with Crippen molar-refractivity contribution >= 4 is 45.5 Å². The zero-order chi connectivity index (χ0) is 26.1. The molecule has 0 bridgehead atoms. The molecular weight excluding hydrogens is 486 g/mol. The van der Waals surface area contributed by atoms with Crippen LogP contribution < -0.4 is 5.32 Å². The number of rotatable bonds is 6. The summed E-state index contributed by atoms with van der Waals surface area (Å²) < 4.78 is 3.85. The van der Waals surface area contributed by atoms with E-state index in [1.54, 1.807) is 24.5 Å². The van der Waals surface area contributed by atoms with E-state index in [-0.39, 0.29) is 17.2 Å². The fourth-order valence-corrected chi connectivity index (χ4v) is 4.57. The predicted octanol–water partition coefficient (Wildman–Crippen LogP) is 5.64. The van der Waals surface area contributed by atoms with Gasteiger partial charge in [0.25, 0.3) is 0 Å². The standard InChI is InChI=1S/C29H22ClN5O2/c1-18-13-27-24(32-17-34(27)2)15-22(18)21-5-4-12-35-25(21)9-10-26(35)29(37)19-7-8-23(20(14-19)16-31)33-28(36)6-3-11-30/h3-10,12-15,17H,11H2,1-2H3,(H,33,36)/b6-3+. The molecule has 0 saturated heterocycles. The number of aromatic nitrogens is 3. The van der Waals surface area contributed by atoms with Crippen LogP contribution in [0.25, 0.3) is 27.7 Å². The molecule has 0 spiro atoms. The van der Waals surface area contributed by atoms with Crippen molar-refractivity contribution in [2.45, 2.75) is 6.92 Å². The Hall–Kier alpha value is -4.67. The van der Waals surface area contributed by atoms with Gasteiger partial charge in [-0.1, -0.05) is 12.1 Å².